The number of rotatable bonds is 4. The van der Waals surface area contributed by atoms with E-state index in [1.807, 2.05) is 25.7 Å². The largest absolute Gasteiger partial charge is 0.444 e. The zero-order valence-corrected chi connectivity index (χ0v) is 18.6. The molecule has 0 unspecified atom stereocenters. The summed E-state index contributed by atoms with van der Waals surface area (Å²) in [6, 6.07) is 6.46. The zero-order valence-electron chi connectivity index (χ0n) is 16.2. The van der Waals surface area contributed by atoms with Gasteiger partial charge in [-0.05, 0) is 26.8 Å². The highest BCUT2D eigenvalue weighted by Gasteiger charge is 2.26. The molecular formula is C18H27F2IN4O3. The van der Waals surface area contributed by atoms with Crippen LogP contribution in [0.3, 0.4) is 0 Å². The van der Waals surface area contributed by atoms with Crippen LogP contribution in [0.15, 0.2) is 29.3 Å². The van der Waals surface area contributed by atoms with Crippen LogP contribution in [0.25, 0.3) is 0 Å². The van der Waals surface area contributed by atoms with E-state index in [4.69, 9.17) is 10.5 Å². The number of hydrogen-bond donors (Lipinski definition) is 1. The van der Waals surface area contributed by atoms with Crippen LogP contribution in [-0.2, 0) is 11.3 Å². The number of hydrogen-bond acceptors (Lipinski definition) is 4. The minimum Gasteiger partial charge on any atom is -0.444 e. The van der Waals surface area contributed by atoms with Gasteiger partial charge in [0.2, 0.25) is 0 Å². The number of carbonyl (C=O) groups is 1. The van der Waals surface area contributed by atoms with E-state index in [0.29, 0.717) is 37.7 Å². The molecule has 1 amide bonds. The van der Waals surface area contributed by atoms with Gasteiger partial charge < -0.3 is 25.0 Å². The van der Waals surface area contributed by atoms with Gasteiger partial charge in [-0.15, -0.1) is 24.0 Å². The van der Waals surface area contributed by atoms with Gasteiger partial charge in [0.25, 0.3) is 0 Å². The maximum Gasteiger partial charge on any atom is 0.410 e. The van der Waals surface area contributed by atoms with Gasteiger partial charge in [0.05, 0.1) is 6.54 Å². The number of halogens is 3. The van der Waals surface area contributed by atoms with E-state index in [0.717, 1.165) is 0 Å². The number of nitrogens with zero attached hydrogens (tertiary/aromatic N) is 3. The topological polar surface area (TPSA) is 80.4 Å². The van der Waals surface area contributed by atoms with Gasteiger partial charge in [-0.1, -0.05) is 18.2 Å². The van der Waals surface area contributed by atoms with Crippen molar-refractivity contribution in [3.05, 3.63) is 29.8 Å². The first-order valence-corrected chi connectivity index (χ1v) is 8.71. The summed E-state index contributed by atoms with van der Waals surface area (Å²) in [7, 11) is 0. The number of carbonyl (C=O) groups excluding carboxylic acids is 1. The van der Waals surface area contributed by atoms with Crippen molar-refractivity contribution in [2.45, 2.75) is 39.5 Å². The highest BCUT2D eigenvalue weighted by atomic mass is 127. The first-order chi connectivity index (χ1) is 12.7. The molecule has 1 saturated heterocycles. The fraction of sp³-hybridized carbons (Fsp3) is 0.556. The van der Waals surface area contributed by atoms with Crippen molar-refractivity contribution in [3.8, 4) is 5.75 Å². The Morgan fingerprint density at radius 1 is 1.18 bits per heavy atom. The number of benzene rings is 1. The third-order valence-corrected chi connectivity index (χ3v) is 3.86. The molecule has 0 atom stereocenters. The Kier molecular flexibility index (Phi) is 9.18. The lowest BCUT2D eigenvalue weighted by Crippen LogP contribution is -2.53. The quantitative estimate of drug-likeness (QED) is 0.381. The van der Waals surface area contributed by atoms with Crippen LogP contribution in [-0.4, -0.2) is 60.2 Å². The molecule has 0 bridgehead atoms. The van der Waals surface area contributed by atoms with E-state index in [1.165, 1.54) is 6.07 Å². The van der Waals surface area contributed by atoms with Crippen molar-refractivity contribution in [1.82, 2.24) is 9.80 Å². The Labute approximate surface area is 180 Å². The number of ether oxygens (including phenoxy) is 2. The van der Waals surface area contributed by atoms with E-state index in [2.05, 4.69) is 9.73 Å². The average molecular weight is 512 g/mol. The van der Waals surface area contributed by atoms with Gasteiger partial charge in [0, 0.05) is 31.7 Å². The van der Waals surface area contributed by atoms with Crippen LogP contribution >= 0.6 is 24.0 Å². The van der Waals surface area contributed by atoms with Crippen LogP contribution in [0.4, 0.5) is 13.6 Å². The van der Waals surface area contributed by atoms with Crippen molar-refractivity contribution in [2.75, 3.05) is 26.2 Å². The molecule has 0 radical (unpaired) electrons. The molecule has 1 aromatic carbocycles. The predicted molar refractivity (Wildman–Crippen MR) is 113 cm³/mol. The summed E-state index contributed by atoms with van der Waals surface area (Å²) in [4.78, 5) is 19.8. The Hall–Kier alpha value is -1.85. The van der Waals surface area contributed by atoms with Crippen molar-refractivity contribution in [2.24, 2.45) is 10.7 Å². The first-order valence-electron chi connectivity index (χ1n) is 8.71. The maximum atomic E-state index is 12.5. The second-order valence-corrected chi connectivity index (χ2v) is 7.12. The SMILES string of the molecule is CC(C)(C)OC(=O)N1CCN(C(N)=NCc2ccccc2OC(F)F)CC1.I. The number of amides is 1. The van der Waals surface area contributed by atoms with Crippen LogP contribution in [0, 0.1) is 0 Å². The number of aliphatic imine (C=N–C) groups is 1. The van der Waals surface area contributed by atoms with E-state index >= 15 is 0 Å². The zero-order chi connectivity index (χ0) is 20.0. The van der Waals surface area contributed by atoms with Crippen LogP contribution in [0.5, 0.6) is 5.75 Å². The monoisotopic (exact) mass is 512 g/mol. The summed E-state index contributed by atoms with van der Waals surface area (Å²) in [5, 5.41) is 0. The standard InChI is InChI=1S/C18H26F2N4O3.HI/c1-18(2,3)27-17(25)24-10-8-23(9-11-24)16(21)22-12-13-6-4-5-7-14(13)26-15(19)20;/h4-7,15H,8-12H2,1-3H3,(H2,21,22);1H. The smallest absolute Gasteiger partial charge is 0.410 e. The maximum absolute atomic E-state index is 12.5. The number of alkyl halides is 2. The normalized spacial score (nSPS) is 15.3. The molecule has 1 heterocycles. The van der Waals surface area contributed by atoms with Crippen LogP contribution in [0.2, 0.25) is 0 Å². The van der Waals surface area contributed by atoms with Crippen LogP contribution < -0.4 is 10.5 Å². The minimum atomic E-state index is -2.89. The van der Waals surface area contributed by atoms with E-state index in [9.17, 15) is 13.6 Å². The van der Waals surface area contributed by atoms with Crippen molar-refractivity contribution in [1.29, 1.82) is 0 Å². The molecule has 28 heavy (non-hydrogen) atoms. The highest BCUT2D eigenvalue weighted by molar-refractivity contribution is 14.0. The molecule has 1 aliphatic rings. The molecule has 10 heteroatoms. The highest BCUT2D eigenvalue weighted by Crippen LogP contribution is 2.21. The fourth-order valence-electron chi connectivity index (χ4n) is 2.56. The number of para-hydroxylation sites is 1. The predicted octanol–water partition coefficient (Wildman–Crippen LogP) is 3.27. The fourth-order valence-corrected chi connectivity index (χ4v) is 2.56. The Bertz CT molecular complexity index is 675. The van der Waals surface area contributed by atoms with Gasteiger partial charge in [-0.3, -0.25) is 0 Å². The molecule has 1 aromatic rings. The molecule has 2 rings (SSSR count). The summed E-state index contributed by atoms with van der Waals surface area (Å²) in [6.07, 6.45) is -0.351. The molecule has 0 aliphatic carbocycles. The van der Waals surface area contributed by atoms with Gasteiger partial charge in [0.15, 0.2) is 5.96 Å². The number of guanidine groups is 1. The van der Waals surface area contributed by atoms with Crippen molar-refractivity contribution < 1.29 is 23.0 Å². The molecule has 0 spiro atoms. The number of nitrogens with two attached hydrogens (primary N) is 1. The summed E-state index contributed by atoms with van der Waals surface area (Å²) >= 11 is 0. The second kappa shape index (κ2) is 10.6. The lowest BCUT2D eigenvalue weighted by atomic mass is 10.2. The molecule has 7 nitrogen and oxygen atoms in total. The third-order valence-electron chi connectivity index (χ3n) is 3.86. The first kappa shape index (κ1) is 24.2. The van der Waals surface area contributed by atoms with Crippen molar-refractivity contribution >= 4 is 36.0 Å². The minimum absolute atomic E-state index is 0. The Balaban J connectivity index is 0.00000392. The summed E-state index contributed by atoms with van der Waals surface area (Å²) in [5.74, 6) is 0.379. The lowest BCUT2D eigenvalue weighted by molar-refractivity contribution is -0.0504. The van der Waals surface area contributed by atoms with Gasteiger partial charge in [-0.2, -0.15) is 8.78 Å². The molecule has 1 aliphatic heterocycles. The summed E-state index contributed by atoms with van der Waals surface area (Å²) < 4.78 is 34.8. The van der Waals surface area contributed by atoms with Gasteiger partial charge >= 0.3 is 12.7 Å². The summed E-state index contributed by atoms with van der Waals surface area (Å²) in [6.45, 7) is 4.67. The molecule has 0 saturated carbocycles. The summed E-state index contributed by atoms with van der Waals surface area (Å²) in [5.41, 5.74) is 6.01. The molecule has 1 fully saturated rings. The lowest BCUT2D eigenvalue weighted by Gasteiger charge is -2.36. The van der Waals surface area contributed by atoms with Crippen molar-refractivity contribution in [3.63, 3.8) is 0 Å². The molecule has 158 valence electrons. The average Bonchev–Trinajstić information content (AvgIpc) is 2.59. The van der Waals surface area contributed by atoms with E-state index in [1.54, 1.807) is 23.1 Å². The molecule has 2 N–H and O–H groups in total. The Morgan fingerprint density at radius 3 is 2.32 bits per heavy atom. The third kappa shape index (κ3) is 7.64. The van der Waals surface area contributed by atoms with Gasteiger partial charge in [-0.25, -0.2) is 9.79 Å². The van der Waals surface area contributed by atoms with Gasteiger partial charge in [0.1, 0.15) is 11.4 Å². The Morgan fingerprint density at radius 2 is 1.75 bits per heavy atom. The van der Waals surface area contributed by atoms with E-state index < -0.39 is 12.2 Å². The molecule has 0 aromatic heterocycles. The van der Waals surface area contributed by atoms with Crippen LogP contribution in [0.1, 0.15) is 26.3 Å². The van der Waals surface area contributed by atoms with E-state index in [-0.39, 0.29) is 42.4 Å². The number of piperazine rings is 1. The second-order valence-electron chi connectivity index (χ2n) is 7.12. The molecular weight excluding hydrogens is 485 g/mol.